The Bertz CT molecular complexity index is 658. The second-order valence-electron chi connectivity index (χ2n) is 5.03. The van der Waals surface area contributed by atoms with Gasteiger partial charge >= 0.3 is 0 Å². The molecule has 1 aliphatic rings. The highest BCUT2D eigenvalue weighted by molar-refractivity contribution is 7.10. The fourth-order valence-electron chi connectivity index (χ4n) is 2.67. The molecule has 3 heterocycles. The molecule has 0 radical (unpaired) electrons. The van der Waals surface area contributed by atoms with Crippen LogP contribution in [0.25, 0.3) is 0 Å². The van der Waals surface area contributed by atoms with Crippen LogP contribution in [0.2, 0.25) is 0 Å². The van der Waals surface area contributed by atoms with E-state index < -0.39 is 0 Å². The standard InChI is InChI=1S/C14H15N3O2S/c1-9-7-13(15-10(2)14(9)17(18)19)16-5-3-11-4-6-20-12(11)8-16/h4,6-7H,3,5,8H2,1-2H3. The number of rotatable bonds is 2. The molecule has 104 valence electrons. The molecular weight excluding hydrogens is 274 g/mol. The van der Waals surface area contributed by atoms with E-state index in [-0.39, 0.29) is 10.6 Å². The zero-order chi connectivity index (χ0) is 14.3. The molecule has 0 aliphatic carbocycles. The number of aromatic nitrogens is 1. The van der Waals surface area contributed by atoms with Crippen LogP contribution in [0.5, 0.6) is 0 Å². The molecule has 0 fully saturated rings. The molecule has 5 nitrogen and oxygen atoms in total. The van der Waals surface area contributed by atoms with Crippen molar-refractivity contribution >= 4 is 22.8 Å². The van der Waals surface area contributed by atoms with Crippen molar-refractivity contribution in [2.75, 3.05) is 11.4 Å². The number of pyridine rings is 1. The Balaban J connectivity index is 1.94. The molecule has 0 amide bonds. The Morgan fingerprint density at radius 2 is 2.25 bits per heavy atom. The van der Waals surface area contributed by atoms with Crippen LogP contribution in [-0.4, -0.2) is 16.5 Å². The minimum Gasteiger partial charge on any atom is -0.351 e. The molecular formula is C14H15N3O2S. The molecule has 1 aliphatic heterocycles. The first-order valence-corrected chi connectivity index (χ1v) is 7.37. The lowest BCUT2D eigenvalue weighted by Crippen LogP contribution is -2.30. The molecule has 3 rings (SSSR count). The van der Waals surface area contributed by atoms with E-state index in [9.17, 15) is 10.1 Å². The van der Waals surface area contributed by atoms with Gasteiger partial charge in [-0.1, -0.05) is 0 Å². The number of fused-ring (bicyclic) bond motifs is 1. The third-order valence-corrected chi connectivity index (χ3v) is 4.62. The van der Waals surface area contributed by atoms with Crippen LogP contribution in [0.3, 0.4) is 0 Å². The van der Waals surface area contributed by atoms with Crippen molar-refractivity contribution in [3.05, 3.63) is 49.3 Å². The third-order valence-electron chi connectivity index (χ3n) is 3.67. The van der Waals surface area contributed by atoms with E-state index in [0.29, 0.717) is 11.3 Å². The molecule has 0 spiro atoms. The lowest BCUT2D eigenvalue weighted by Gasteiger charge is -2.28. The Morgan fingerprint density at radius 1 is 1.45 bits per heavy atom. The highest BCUT2D eigenvalue weighted by Gasteiger charge is 2.22. The number of nitro groups is 1. The Kier molecular flexibility index (Phi) is 3.17. The first-order chi connectivity index (χ1) is 9.56. The second-order valence-corrected chi connectivity index (χ2v) is 6.03. The van der Waals surface area contributed by atoms with Crippen LogP contribution < -0.4 is 4.90 Å². The van der Waals surface area contributed by atoms with Gasteiger partial charge in [0.05, 0.1) is 11.5 Å². The summed E-state index contributed by atoms with van der Waals surface area (Å²) < 4.78 is 0. The molecule has 0 unspecified atom stereocenters. The zero-order valence-corrected chi connectivity index (χ0v) is 12.2. The first-order valence-electron chi connectivity index (χ1n) is 6.49. The van der Waals surface area contributed by atoms with Crippen molar-refractivity contribution in [2.45, 2.75) is 26.8 Å². The maximum atomic E-state index is 11.0. The molecule has 2 aromatic heterocycles. The number of anilines is 1. The van der Waals surface area contributed by atoms with Crippen LogP contribution >= 0.6 is 11.3 Å². The highest BCUT2D eigenvalue weighted by atomic mass is 32.1. The van der Waals surface area contributed by atoms with E-state index in [4.69, 9.17) is 0 Å². The van der Waals surface area contributed by atoms with Gasteiger partial charge in [-0.25, -0.2) is 4.98 Å². The van der Waals surface area contributed by atoms with Crippen LogP contribution in [-0.2, 0) is 13.0 Å². The quantitative estimate of drug-likeness (QED) is 0.629. The average molecular weight is 289 g/mol. The zero-order valence-electron chi connectivity index (χ0n) is 11.4. The van der Waals surface area contributed by atoms with Gasteiger partial charge in [0, 0.05) is 17.0 Å². The SMILES string of the molecule is Cc1cc(N2CCc3ccsc3C2)nc(C)c1[N+](=O)[O-]. The minimum absolute atomic E-state index is 0.127. The van der Waals surface area contributed by atoms with Crippen molar-refractivity contribution < 1.29 is 4.92 Å². The number of thiophene rings is 1. The smallest absolute Gasteiger partial charge is 0.293 e. The summed E-state index contributed by atoms with van der Waals surface area (Å²) in [5, 5.41) is 13.1. The van der Waals surface area contributed by atoms with Crippen molar-refractivity contribution in [1.82, 2.24) is 4.98 Å². The van der Waals surface area contributed by atoms with Gasteiger partial charge in [0.1, 0.15) is 11.5 Å². The fraction of sp³-hybridized carbons (Fsp3) is 0.357. The molecule has 0 saturated carbocycles. The summed E-state index contributed by atoms with van der Waals surface area (Å²) in [4.78, 5) is 18.6. The van der Waals surface area contributed by atoms with Gasteiger partial charge in [-0.2, -0.15) is 0 Å². The van der Waals surface area contributed by atoms with Gasteiger partial charge in [-0.05, 0) is 43.3 Å². The van der Waals surface area contributed by atoms with Crippen molar-refractivity contribution in [3.63, 3.8) is 0 Å². The van der Waals surface area contributed by atoms with E-state index in [1.165, 1.54) is 10.4 Å². The predicted octanol–water partition coefficient (Wildman–Crippen LogP) is 3.23. The summed E-state index contributed by atoms with van der Waals surface area (Å²) in [6, 6.07) is 4.00. The topological polar surface area (TPSA) is 59.3 Å². The van der Waals surface area contributed by atoms with Gasteiger partial charge in [-0.15, -0.1) is 11.3 Å². The molecule has 2 aromatic rings. The van der Waals surface area contributed by atoms with Crippen molar-refractivity contribution in [3.8, 4) is 0 Å². The van der Waals surface area contributed by atoms with Crippen LogP contribution in [0.4, 0.5) is 11.5 Å². The molecule has 0 bridgehead atoms. The maximum absolute atomic E-state index is 11.0. The summed E-state index contributed by atoms with van der Waals surface area (Å²) in [5.74, 6) is 0.838. The van der Waals surface area contributed by atoms with Crippen LogP contribution in [0, 0.1) is 24.0 Å². The number of hydrogen-bond donors (Lipinski definition) is 0. The van der Waals surface area contributed by atoms with Gasteiger partial charge in [-0.3, -0.25) is 10.1 Å². The predicted molar refractivity (Wildman–Crippen MR) is 79.4 cm³/mol. The Hall–Kier alpha value is -1.95. The number of aryl methyl sites for hydroxylation is 2. The van der Waals surface area contributed by atoms with E-state index in [0.717, 1.165) is 25.3 Å². The minimum atomic E-state index is -0.352. The van der Waals surface area contributed by atoms with Gasteiger partial charge < -0.3 is 4.90 Å². The first kappa shape index (κ1) is 13.1. The van der Waals surface area contributed by atoms with Gasteiger partial charge in [0.2, 0.25) is 0 Å². The third kappa shape index (κ3) is 2.16. The largest absolute Gasteiger partial charge is 0.351 e. The van der Waals surface area contributed by atoms with E-state index in [2.05, 4.69) is 21.3 Å². The molecule has 0 aromatic carbocycles. The van der Waals surface area contributed by atoms with Crippen molar-refractivity contribution in [1.29, 1.82) is 0 Å². The highest BCUT2D eigenvalue weighted by Crippen LogP contribution is 2.30. The summed E-state index contributed by atoms with van der Waals surface area (Å²) >= 11 is 1.76. The van der Waals surface area contributed by atoms with Gasteiger partial charge in [0.25, 0.3) is 5.69 Å². The average Bonchev–Trinajstić information content (AvgIpc) is 2.84. The second kappa shape index (κ2) is 4.86. The maximum Gasteiger partial charge on any atom is 0.293 e. The Labute approximate surface area is 121 Å². The van der Waals surface area contributed by atoms with Gasteiger partial charge in [0.15, 0.2) is 0 Å². The normalized spacial score (nSPS) is 14.2. The van der Waals surface area contributed by atoms with E-state index in [1.807, 2.05) is 6.07 Å². The van der Waals surface area contributed by atoms with Crippen LogP contribution in [0.15, 0.2) is 17.5 Å². The fourth-order valence-corrected chi connectivity index (χ4v) is 3.62. The van der Waals surface area contributed by atoms with E-state index in [1.54, 1.807) is 25.2 Å². The summed E-state index contributed by atoms with van der Waals surface area (Å²) in [5.41, 5.74) is 2.71. The summed E-state index contributed by atoms with van der Waals surface area (Å²) in [7, 11) is 0. The summed E-state index contributed by atoms with van der Waals surface area (Å²) in [6.07, 6.45) is 1.01. The van der Waals surface area contributed by atoms with E-state index >= 15 is 0 Å². The lowest BCUT2D eigenvalue weighted by molar-refractivity contribution is -0.386. The molecule has 0 saturated heterocycles. The molecule has 0 N–H and O–H groups in total. The molecule has 20 heavy (non-hydrogen) atoms. The Morgan fingerprint density at radius 3 is 2.95 bits per heavy atom. The lowest BCUT2D eigenvalue weighted by atomic mass is 10.1. The molecule has 6 heteroatoms. The molecule has 0 atom stereocenters. The number of nitrogens with zero attached hydrogens (tertiary/aromatic N) is 3. The van der Waals surface area contributed by atoms with Crippen LogP contribution in [0.1, 0.15) is 21.7 Å². The summed E-state index contributed by atoms with van der Waals surface area (Å²) in [6.45, 7) is 5.23. The number of hydrogen-bond acceptors (Lipinski definition) is 5. The van der Waals surface area contributed by atoms with Crippen molar-refractivity contribution in [2.24, 2.45) is 0 Å². The monoisotopic (exact) mass is 289 g/mol.